The zero-order valence-electron chi connectivity index (χ0n) is 10.2. The summed E-state index contributed by atoms with van der Waals surface area (Å²) in [6.07, 6.45) is 1.77. The Morgan fingerprint density at radius 2 is 2.06 bits per heavy atom. The molecule has 0 atom stereocenters. The maximum Gasteiger partial charge on any atom is 0.217 e. The van der Waals surface area contributed by atoms with Gasteiger partial charge in [0.25, 0.3) is 0 Å². The quantitative estimate of drug-likeness (QED) is 0.526. The number of sulfonamides is 1. The van der Waals surface area contributed by atoms with Crippen molar-refractivity contribution in [2.75, 3.05) is 26.3 Å². The normalized spacial score (nSPS) is 18.5. The number of rotatable bonds is 6. The molecule has 0 unspecified atom stereocenters. The van der Waals surface area contributed by atoms with E-state index in [1.807, 2.05) is 6.92 Å². The Bertz CT molecular complexity index is 350. The van der Waals surface area contributed by atoms with Crippen LogP contribution in [-0.2, 0) is 14.8 Å². The average molecular weight is 263 g/mol. The van der Waals surface area contributed by atoms with E-state index in [1.54, 1.807) is 0 Å². The predicted octanol–water partition coefficient (Wildman–Crippen LogP) is 0.143. The van der Waals surface area contributed by atoms with Gasteiger partial charge in [-0.3, -0.25) is 5.41 Å². The molecule has 0 bridgehead atoms. The topological polar surface area (TPSA) is 96.5 Å². The summed E-state index contributed by atoms with van der Waals surface area (Å²) in [6, 6.07) is 0. The van der Waals surface area contributed by atoms with E-state index in [1.165, 1.54) is 4.31 Å². The summed E-state index contributed by atoms with van der Waals surface area (Å²) < 4.78 is 31.1. The average Bonchev–Trinajstić information content (AvgIpc) is 2.29. The minimum atomic E-state index is -3.35. The SMILES string of the molecule is CCCN(CC(=N)N)S(=O)(=O)C1CCOCC1. The molecule has 17 heavy (non-hydrogen) atoms. The van der Waals surface area contributed by atoms with Crippen molar-refractivity contribution in [2.45, 2.75) is 31.4 Å². The zero-order valence-corrected chi connectivity index (χ0v) is 11.0. The van der Waals surface area contributed by atoms with Gasteiger partial charge in [0.05, 0.1) is 11.8 Å². The summed E-state index contributed by atoms with van der Waals surface area (Å²) in [6.45, 7) is 3.30. The smallest absolute Gasteiger partial charge is 0.217 e. The van der Waals surface area contributed by atoms with E-state index in [4.69, 9.17) is 15.9 Å². The van der Waals surface area contributed by atoms with Crippen molar-refractivity contribution in [1.82, 2.24) is 4.31 Å². The highest BCUT2D eigenvalue weighted by Gasteiger charge is 2.33. The van der Waals surface area contributed by atoms with Crippen molar-refractivity contribution in [2.24, 2.45) is 5.73 Å². The van der Waals surface area contributed by atoms with Crippen molar-refractivity contribution < 1.29 is 13.2 Å². The van der Waals surface area contributed by atoms with Gasteiger partial charge in [-0.15, -0.1) is 0 Å². The zero-order chi connectivity index (χ0) is 12.9. The molecule has 7 heteroatoms. The number of nitrogens with zero attached hydrogens (tertiary/aromatic N) is 1. The molecule has 1 aliphatic heterocycles. The third-order valence-electron chi connectivity index (χ3n) is 2.77. The predicted molar refractivity (Wildman–Crippen MR) is 66.5 cm³/mol. The number of amidine groups is 1. The third kappa shape index (κ3) is 3.93. The first-order chi connectivity index (χ1) is 7.98. The van der Waals surface area contributed by atoms with Gasteiger partial charge >= 0.3 is 0 Å². The second-order valence-electron chi connectivity index (χ2n) is 4.22. The summed E-state index contributed by atoms with van der Waals surface area (Å²) in [7, 11) is -3.35. The lowest BCUT2D eigenvalue weighted by Gasteiger charge is -2.29. The van der Waals surface area contributed by atoms with Crippen LogP contribution < -0.4 is 5.73 Å². The first-order valence-electron chi connectivity index (χ1n) is 5.88. The van der Waals surface area contributed by atoms with Crippen LogP contribution in [-0.4, -0.2) is 50.1 Å². The van der Waals surface area contributed by atoms with Crippen LogP contribution in [0, 0.1) is 5.41 Å². The molecule has 0 amide bonds. The highest BCUT2D eigenvalue weighted by atomic mass is 32.2. The Hall–Kier alpha value is -0.660. The molecule has 1 aliphatic rings. The molecule has 3 N–H and O–H groups in total. The van der Waals surface area contributed by atoms with E-state index in [2.05, 4.69) is 0 Å². The molecule has 0 aromatic rings. The molecule has 0 radical (unpaired) electrons. The fraction of sp³-hybridized carbons (Fsp3) is 0.900. The van der Waals surface area contributed by atoms with Crippen molar-refractivity contribution in [1.29, 1.82) is 5.41 Å². The lowest BCUT2D eigenvalue weighted by atomic mass is 10.2. The van der Waals surface area contributed by atoms with Crippen LogP contribution in [0.15, 0.2) is 0 Å². The van der Waals surface area contributed by atoms with Gasteiger partial charge in [-0.2, -0.15) is 4.31 Å². The second kappa shape index (κ2) is 6.32. The molecular weight excluding hydrogens is 242 g/mol. The molecule has 1 heterocycles. The van der Waals surface area contributed by atoms with Crippen LogP contribution in [0.3, 0.4) is 0 Å². The fourth-order valence-electron chi connectivity index (χ4n) is 1.92. The van der Waals surface area contributed by atoms with E-state index in [0.29, 0.717) is 32.6 Å². The Labute approximate surface area is 103 Å². The number of hydrogen-bond donors (Lipinski definition) is 2. The number of hydrogen-bond acceptors (Lipinski definition) is 4. The van der Waals surface area contributed by atoms with Crippen molar-refractivity contribution in [3.8, 4) is 0 Å². The van der Waals surface area contributed by atoms with E-state index in [0.717, 1.165) is 6.42 Å². The summed E-state index contributed by atoms with van der Waals surface area (Å²) in [4.78, 5) is 0. The van der Waals surface area contributed by atoms with Gasteiger partial charge < -0.3 is 10.5 Å². The molecule has 0 aromatic carbocycles. The standard InChI is InChI=1S/C10H21N3O3S/c1-2-5-13(8-10(11)12)17(14,15)9-3-6-16-7-4-9/h9H,2-8H2,1H3,(H3,11,12). The summed E-state index contributed by atoms with van der Waals surface area (Å²) in [5.41, 5.74) is 5.30. The third-order valence-corrected chi connectivity index (χ3v) is 5.11. The van der Waals surface area contributed by atoms with Crippen LogP contribution in [0.4, 0.5) is 0 Å². The van der Waals surface area contributed by atoms with Crippen LogP contribution in [0.5, 0.6) is 0 Å². The first-order valence-corrected chi connectivity index (χ1v) is 7.38. The lowest BCUT2D eigenvalue weighted by molar-refractivity contribution is 0.0973. The summed E-state index contributed by atoms with van der Waals surface area (Å²) in [5, 5.41) is 6.86. The highest BCUT2D eigenvalue weighted by Crippen LogP contribution is 2.19. The largest absolute Gasteiger partial charge is 0.387 e. The molecular formula is C10H21N3O3S. The van der Waals surface area contributed by atoms with E-state index in [9.17, 15) is 8.42 Å². The van der Waals surface area contributed by atoms with Gasteiger partial charge in [0, 0.05) is 19.8 Å². The van der Waals surface area contributed by atoms with Crippen LogP contribution in [0.1, 0.15) is 26.2 Å². The molecule has 1 saturated heterocycles. The highest BCUT2D eigenvalue weighted by molar-refractivity contribution is 7.89. The maximum absolute atomic E-state index is 12.3. The molecule has 100 valence electrons. The molecule has 1 fully saturated rings. The Morgan fingerprint density at radius 1 is 1.47 bits per heavy atom. The van der Waals surface area contributed by atoms with Crippen molar-refractivity contribution in [3.05, 3.63) is 0 Å². The van der Waals surface area contributed by atoms with Gasteiger partial charge in [-0.1, -0.05) is 6.92 Å². The molecule has 1 rings (SSSR count). The second-order valence-corrected chi connectivity index (χ2v) is 6.43. The van der Waals surface area contributed by atoms with E-state index >= 15 is 0 Å². The Morgan fingerprint density at radius 3 is 2.53 bits per heavy atom. The van der Waals surface area contributed by atoms with Crippen molar-refractivity contribution >= 4 is 15.9 Å². The number of nitrogens with two attached hydrogens (primary N) is 1. The Kier molecular flexibility index (Phi) is 5.35. The summed E-state index contributed by atoms with van der Waals surface area (Å²) >= 11 is 0. The van der Waals surface area contributed by atoms with Gasteiger partial charge in [0.15, 0.2) is 0 Å². The lowest BCUT2D eigenvalue weighted by Crippen LogP contribution is -2.45. The van der Waals surface area contributed by atoms with Crippen LogP contribution in [0.25, 0.3) is 0 Å². The summed E-state index contributed by atoms with van der Waals surface area (Å²) in [5.74, 6) is -0.117. The van der Waals surface area contributed by atoms with Gasteiger partial charge in [0.1, 0.15) is 5.84 Å². The molecule has 0 spiro atoms. The van der Waals surface area contributed by atoms with Crippen LogP contribution in [0.2, 0.25) is 0 Å². The molecule has 0 saturated carbocycles. The number of ether oxygens (including phenoxy) is 1. The van der Waals surface area contributed by atoms with Gasteiger partial charge in [-0.25, -0.2) is 8.42 Å². The van der Waals surface area contributed by atoms with E-state index < -0.39 is 10.0 Å². The molecule has 6 nitrogen and oxygen atoms in total. The fourth-order valence-corrected chi connectivity index (χ4v) is 3.89. The molecule has 0 aromatic heterocycles. The minimum Gasteiger partial charge on any atom is -0.387 e. The number of nitrogens with one attached hydrogen (secondary N) is 1. The van der Waals surface area contributed by atoms with E-state index in [-0.39, 0.29) is 17.6 Å². The van der Waals surface area contributed by atoms with Crippen LogP contribution >= 0.6 is 0 Å². The van der Waals surface area contributed by atoms with Crippen molar-refractivity contribution in [3.63, 3.8) is 0 Å². The monoisotopic (exact) mass is 263 g/mol. The minimum absolute atomic E-state index is 0.00642. The molecule has 0 aliphatic carbocycles. The first kappa shape index (κ1) is 14.4. The maximum atomic E-state index is 12.3. The van der Waals surface area contributed by atoms with Gasteiger partial charge in [0.2, 0.25) is 10.0 Å². The Balaban J connectivity index is 2.78. The van der Waals surface area contributed by atoms with Gasteiger partial charge in [-0.05, 0) is 19.3 Å².